The van der Waals surface area contributed by atoms with E-state index < -0.39 is 0 Å². The first-order valence-corrected chi connectivity index (χ1v) is 11.0. The molecule has 0 spiro atoms. The van der Waals surface area contributed by atoms with E-state index in [0.29, 0.717) is 30.3 Å². The molecule has 2 aromatic carbocycles. The number of nitrogens with one attached hydrogen (secondary N) is 1. The predicted octanol–water partition coefficient (Wildman–Crippen LogP) is 5.41. The van der Waals surface area contributed by atoms with Gasteiger partial charge >= 0.3 is 0 Å². The summed E-state index contributed by atoms with van der Waals surface area (Å²) >= 11 is 7.45. The van der Waals surface area contributed by atoms with Crippen molar-refractivity contribution < 1.29 is 9.53 Å². The fourth-order valence-electron chi connectivity index (χ4n) is 2.96. The van der Waals surface area contributed by atoms with Gasteiger partial charge in [-0.1, -0.05) is 41.9 Å². The molecule has 0 saturated carbocycles. The lowest BCUT2D eigenvalue weighted by molar-refractivity contribution is 0.0950. The van der Waals surface area contributed by atoms with Crippen LogP contribution in [0.5, 0.6) is 5.75 Å². The third-order valence-corrected chi connectivity index (χ3v) is 5.63. The van der Waals surface area contributed by atoms with Crippen molar-refractivity contribution in [1.82, 2.24) is 15.3 Å². The van der Waals surface area contributed by atoms with Crippen LogP contribution in [0.15, 0.2) is 78.3 Å². The van der Waals surface area contributed by atoms with E-state index in [-0.39, 0.29) is 5.91 Å². The van der Waals surface area contributed by atoms with Crippen molar-refractivity contribution in [1.29, 1.82) is 0 Å². The molecule has 0 atom stereocenters. The minimum Gasteiger partial charge on any atom is -0.489 e. The number of carbonyl (C=O) groups is 1. The highest BCUT2D eigenvalue weighted by Crippen LogP contribution is 2.27. The molecule has 4 aromatic rings. The fourth-order valence-corrected chi connectivity index (χ4v) is 3.97. The zero-order chi connectivity index (χ0) is 21.5. The predicted molar refractivity (Wildman–Crippen MR) is 124 cm³/mol. The molecule has 0 bridgehead atoms. The van der Waals surface area contributed by atoms with Crippen molar-refractivity contribution in [2.24, 2.45) is 0 Å². The van der Waals surface area contributed by atoms with Crippen LogP contribution in [0.2, 0.25) is 5.02 Å². The Morgan fingerprint density at radius 2 is 1.97 bits per heavy atom. The highest BCUT2D eigenvalue weighted by atomic mass is 35.5. The number of hydrogen-bond acceptors (Lipinski definition) is 5. The van der Waals surface area contributed by atoms with Crippen LogP contribution in [-0.2, 0) is 13.0 Å². The summed E-state index contributed by atoms with van der Waals surface area (Å²) in [5.41, 5.74) is 3.25. The van der Waals surface area contributed by atoms with Crippen LogP contribution in [-0.4, -0.2) is 22.4 Å². The van der Waals surface area contributed by atoms with Gasteiger partial charge < -0.3 is 10.1 Å². The first-order valence-electron chi connectivity index (χ1n) is 9.79. The largest absolute Gasteiger partial charge is 0.489 e. The van der Waals surface area contributed by atoms with Crippen LogP contribution in [0.3, 0.4) is 0 Å². The molecule has 5 nitrogen and oxygen atoms in total. The van der Waals surface area contributed by atoms with Crippen LogP contribution < -0.4 is 10.1 Å². The molecule has 156 valence electrons. The van der Waals surface area contributed by atoms with E-state index in [1.54, 1.807) is 11.6 Å². The van der Waals surface area contributed by atoms with E-state index in [4.69, 9.17) is 16.3 Å². The van der Waals surface area contributed by atoms with Crippen LogP contribution in [0.4, 0.5) is 0 Å². The number of carbonyl (C=O) groups excluding carboxylic acids is 1. The number of halogens is 1. The Hall–Kier alpha value is -3.22. The lowest BCUT2D eigenvalue weighted by Gasteiger charge is -2.07. The van der Waals surface area contributed by atoms with Crippen molar-refractivity contribution in [3.63, 3.8) is 0 Å². The average Bonchev–Trinajstić information content (AvgIpc) is 3.29. The molecule has 31 heavy (non-hydrogen) atoms. The quantitative estimate of drug-likeness (QED) is 0.390. The number of hydrogen-bond donors (Lipinski definition) is 1. The SMILES string of the molecule is O=C(NCCc1ccccn1)c1csc(-c2cccc(OCc3cccc(Cl)c3)c2)n1. The zero-order valence-electron chi connectivity index (χ0n) is 16.6. The van der Waals surface area contributed by atoms with E-state index in [1.165, 1.54) is 11.3 Å². The second-order valence-electron chi connectivity index (χ2n) is 6.81. The molecule has 2 aromatic heterocycles. The van der Waals surface area contributed by atoms with Gasteiger partial charge in [-0.05, 0) is 42.0 Å². The normalized spacial score (nSPS) is 10.6. The highest BCUT2D eigenvalue weighted by Gasteiger charge is 2.12. The van der Waals surface area contributed by atoms with E-state index in [1.807, 2.05) is 66.7 Å². The molecular weight excluding hydrogens is 430 g/mol. The second kappa shape index (κ2) is 10.2. The Kier molecular flexibility index (Phi) is 6.92. The Labute approximate surface area is 189 Å². The molecule has 0 unspecified atom stereocenters. The summed E-state index contributed by atoms with van der Waals surface area (Å²) in [6, 6.07) is 21.0. The Morgan fingerprint density at radius 1 is 1.06 bits per heavy atom. The number of amides is 1. The van der Waals surface area contributed by atoms with Crippen LogP contribution >= 0.6 is 22.9 Å². The summed E-state index contributed by atoms with van der Waals surface area (Å²) in [5.74, 6) is 0.542. The molecule has 0 aliphatic carbocycles. The third kappa shape index (κ3) is 5.90. The number of aromatic nitrogens is 2. The third-order valence-electron chi connectivity index (χ3n) is 4.51. The smallest absolute Gasteiger partial charge is 0.270 e. The first kappa shape index (κ1) is 21.0. The molecule has 0 aliphatic heterocycles. The van der Waals surface area contributed by atoms with Crippen molar-refractivity contribution in [2.45, 2.75) is 13.0 Å². The van der Waals surface area contributed by atoms with Crippen LogP contribution in [0.25, 0.3) is 10.6 Å². The molecule has 7 heteroatoms. The van der Waals surface area contributed by atoms with Gasteiger partial charge in [-0.2, -0.15) is 0 Å². The summed E-state index contributed by atoms with van der Waals surface area (Å²) in [6.07, 6.45) is 2.42. The van der Waals surface area contributed by atoms with Gasteiger partial charge in [-0.15, -0.1) is 11.3 Å². The van der Waals surface area contributed by atoms with Gasteiger partial charge in [0, 0.05) is 40.8 Å². The molecule has 0 radical (unpaired) electrons. The maximum atomic E-state index is 12.4. The van der Waals surface area contributed by atoms with Crippen LogP contribution in [0.1, 0.15) is 21.7 Å². The molecule has 2 heterocycles. The standard InChI is InChI=1S/C24H20ClN3O2S/c25-19-7-3-5-17(13-19)15-30-21-9-4-6-18(14-21)24-28-22(16-31-24)23(29)27-12-10-20-8-1-2-11-26-20/h1-9,11,13-14,16H,10,12,15H2,(H,27,29). The molecule has 0 saturated heterocycles. The van der Waals surface area contributed by atoms with Crippen molar-refractivity contribution >= 4 is 28.8 Å². The topological polar surface area (TPSA) is 64.1 Å². The summed E-state index contributed by atoms with van der Waals surface area (Å²) < 4.78 is 5.89. The average molecular weight is 450 g/mol. The van der Waals surface area contributed by atoms with Gasteiger partial charge in [-0.25, -0.2) is 4.98 Å². The number of nitrogens with zero attached hydrogens (tertiary/aromatic N) is 2. The number of thiazole rings is 1. The molecule has 1 amide bonds. The number of rotatable bonds is 8. The molecule has 4 rings (SSSR count). The Bertz CT molecular complexity index is 1160. The summed E-state index contributed by atoms with van der Waals surface area (Å²) in [4.78, 5) is 21.2. The monoisotopic (exact) mass is 449 g/mol. The zero-order valence-corrected chi connectivity index (χ0v) is 18.2. The summed E-state index contributed by atoms with van der Waals surface area (Å²) in [7, 11) is 0. The lowest BCUT2D eigenvalue weighted by Crippen LogP contribution is -2.26. The highest BCUT2D eigenvalue weighted by molar-refractivity contribution is 7.13. The van der Waals surface area contributed by atoms with Crippen molar-refractivity contribution in [3.05, 3.63) is 100 Å². The van der Waals surface area contributed by atoms with Crippen molar-refractivity contribution in [2.75, 3.05) is 6.54 Å². The van der Waals surface area contributed by atoms with Crippen molar-refractivity contribution in [3.8, 4) is 16.3 Å². The number of pyridine rings is 1. The minimum absolute atomic E-state index is 0.188. The molecule has 0 aliphatic rings. The van der Waals surface area contributed by atoms with E-state index in [9.17, 15) is 4.79 Å². The van der Waals surface area contributed by atoms with Gasteiger partial charge in [0.25, 0.3) is 5.91 Å². The van der Waals surface area contributed by atoms with E-state index in [0.717, 1.165) is 27.6 Å². The lowest BCUT2D eigenvalue weighted by atomic mass is 10.2. The van der Waals surface area contributed by atoms with Gasteiger partial charge in [0.05, 0.1) is 0 Å². The Morgan fingerprint density at radius 3 is 2.81 bits per heavy atom. The fraction of sp³-hybridized carbons (Fsp3) is 0.125. The number of benzene rings is 2. The maximum absolute atomic E-state index is 12.4. The van der Waals surface area contributed by atoms with Gasteiger partial charge in [0.1, 0.15) is 23.1 Å². The van der Waals surface area contributed by atoms with Gasteiger partial charge in [-0.3, -0.25) is 9.78 Å². The van der Waals surface area contributed by atoms with E-state index >= 15 is 0 Å². The molecular formula is C24H20ClN3O2S. The molecule has 0 fully saturated rings. The van der Waals surface area contributed by atoms with Gasteiger partial charge in [0.15, 0.2) is 0 Å². The second-order valence-corrected chi connectivity index (χ2v) is 8.11. The van der Waals surface area contributed by atoms with Crippen LogP contribution in [0, 0.1) is 0 Å². The Balaban J connectivity index is 1.35. The summed E-state index contributed by atoms with van der Waals surface area (Å²) in [6.45, 7) is 0.932. The minimum atomic E-state index is -0.188. The number of ether oxygens (including phenoxy) is 1. The maximum Gasteiger partial charge on any atom is 0.270 e. The summed E-state index contributed by atoms with van der Waals surface area (Å²) in [5, 5.41) is 6.12. The van der Waals surface area contributed by atoms with Gasteiger partial charge in [0.2, 0.25) is 0 Å². The van der Waals surface area contributed by atoms with E-state index in [2.05, 4.69) is 15.3 Å². The first-order chi connectivity index (χ1) is 15.2. The molecule has 1 N–H and O–H groups in total.